The van der Waals surface area contributed by atoms with Gasteiger partial charge in [0.05, 0.1) is 15.9 Å². The Balaban J connectivity index is 1.44. The first-order valence-electron chi connectivity index (χ1n) is 12.2. The lowest BCUT2D eigenvalue weighted by Crippen LogP contribution is -2.33. The number of benzene rings is 1. The topological polar surface area (TPSA) is 131 Å². The van der Waals surface area contributed by atoms with Crippen LogP contribution < -0.4 is 16.0 Å². The second-order valence-electron chi connectivity index (χ2n) is 8.65. The highest BCUT2D eigenvalue weighted by molar-refractivity contribution is 7.22. The van der Waals surface area contributed by atoms with Gasteiger partial charge in [-0.25, -0.2) is 19.7 Å². The van der Waals surface area contributed by atoms with Gasteiger partial charge >= 0.3 is 12.0 Å². The zero-order valence-corrected chi connectivity index (χ0v) is 21.3. The molecule has 1 aliphatic rings. The number of esters is 1. The number of nitrogens with one attached hydrogen (secondary N) is 3. The molecular weight excluding hydrogens is 490 g/mol. The summed E-state index contributed by atoms with van der Waals surface area (Å²) in [6.07, 6.45) is 6.35. The largest absolute Gasteiger partial charge is 0.453 e. The van der Waals surface area contributed by atoms with Gasteiger partial charge in [0.15, 0.2) is 17.1 Å². The van der Waals surface area contributed by atoms with Crippen LogP contribution in [0.5, 0.6) is 0 Å². The van der Waals surface area contributed by atoms with Crippen LogP contribution >= 0.6 is 11.3 Å². The summed E-state index contributed by atoms with van der Waals surface area (Å²) < 4.78 is 6.48. The first kappa shape index (κ1) is 24.7. The Morgan fingerprint density at radius 1 is 1.19 bits per heavy atom. The first-order valence-corrected chi connectivity index (χ1v) is 13.0. The molecule has 5 rings (SSSR count). The average Bonchev–Trinajstić information content (AvgIpc) is 3.59. The zero-order valence-electron chi connectivity index (χ0n) is 20.5. The standard InChI is InChI=1S/C26H27N7O3S/c1-3-27-25(35)33-26-32-21-12-16(11-18(22(21)37-26)19-7-4-5-9-28-19)17-13-30-23(31-14-17)15(2)36-24(34)20-8-6-10-29-20/h4-5,7,9,11-15,20,29H,3,6,8,10H2,1-2H3,(H2,27,32,33,35)/t15-,20-/m0/s1. The molecule has 0 unspecified atom stereocenters. The number of nitrogens with zero attached hydrogens (tertiary/aromatic N) is 4. The predicted molar refractivity (Wildman–Crippen MR) is 142 cm³/mol. The summed E-state index contributed by atoms with van der Waals surface area (Å²) in [5, 5.41) is 9.15. The third-order valence-electron chi connectivity index (χ3n) is 6.00. The summed E-state index contributed by atoms with van der Waals surface area (Å²) in [7, 11) is 0. The fourth-order valence-electron chi connectivity index (χ4n) is 4.16. The van der Waals surface area contributed by atoms with Crippen molar-refractivity contribution >= 4 is 38.7 Å². The number of hydrogen-bond donors (Lipinski definition) is 3. The molecule has 0 bridgehead atoms. The fraction of sp³-hybridized carbons (Fsp3) is 0.308. The molecule has 190 valence electrons. The second kappa shape index (κ2) is 11.0. The number of pyridine rings is 1. The number of ether oxygens (including phenoxy) is 1. The van der Waals surface area contributed by atoms with E-state index in [0.29, 0.717) is 17.5 Å². The van der Waals surface area contributed by atoms with Crippen molar-refractivity contribution in [3.8, 4) is 22.4 Å². The summed E-state index contributed by atoms with van der Waals surface area (Å²) in [6, 6.07) is 9.12. The summed E-state index contributed by atoms with van der Waals surface area (Å²) in [5.41, 5.74) is 4.05. The minimum atomic E-state index is -0.558. The van der Waals surface area contributed by atoms with E-state index in [1.807, 2.05) is 37.3 Å². The van der Waals surface area contributed by atoms with Crippen molar-refractivity contribution in [3.05, 3.63) is 54.7 Å². The average molecular weight is 518 g/mol. The number of amides is 2. The molecule has 3 aromatic heterocycles. The highest BCUT2D eigenvalue weighted by Crippen LogP contribution is 2.38. The van der Waals surface area contributed by atoms with Gasteiger partial charge in [0.2, 0.25) is 0 Å². The van der Waals surface area contributed by atoms with Crippen LogP contribution in [0.15, 0.2) is 48.9 Å². The number of urea groups is 1. The number of carbonyl (C=O) groups is 2. The van der Waals surface area contributed by atoms with Crippen LogP contribution in [0.3, 0.4) is 0 Å². The van der Waals surface area contributed by atoms with E-state index < -0.39 is 6.10 Å². The molecule has 1 fully saturated rings. The van der Waals surface area contributed by atoms with Crippen LogP contribution in [0.2, 0.25) is 0 Å². The van der Waals surface area contributed by atoms with E-state index in [1.54, 1.807) is 25.5 Å². The van der Waals surface area contributed by atoms with Gasteiger partial charge in [-0.15, -0.1) is 0 Å². The number of fused-ring (bicyclic) bond motifs is 1. The van der Waals surface area contributed by atoms with E-state index in [1.165, 1.54) is 11.3 Å². The maximum Gasteiger partial charge on any atom is 0.323 e. The van der Waals surface area contributed by atoms with Crippen molar-refractivity contribution in [2.75, 3.05) is 18.4 Å². The molecular formula is C26H27N7O3S. The van der Waals surface area contributed by atoms with Crippen LogP contribution in [-0.4, -0.2) is 51.1 Å². The summed E-state index contributed by atoms with van der Waals surface area (Å²) in [6.45, 7) is 4.97. The molecule has 1 saturated heterocycles. The summed E-state index contributed by atoms with van der Waals surface area (Å²) >= 11 is 1.39. The minimum absolute atomic E-state index is 0.260. The lowest BCUT2D eigenvalue weighted by atomic mass is 10.0. The Bertz CT molecular complexity index is 1400. The Morgan fingerprint density at radius 2 is 2.03 bits per heavy atom. The SMILES string of the molecule is CCNC(=O)Nc1nc2cc(-c3cnc([C@H](C)OC(=O)[C@@H]4CCCN4)nc3)cc(-c3ccccn3)c2s1. The molecule has 4 aromatic rings. The van der Waals surface area contributed by atoms with E-state index in [4.69, 9.17) is 4.74 Å². The highest BCUT2D eigenvalue weighted by atomic mass is 32.1. The number of thiazole rings is 1. The van der Waals surface area contributed by atoms with Crippen LogP contribution in [0, 0.1) is 0 Å². The minimum Gasteiger partial charge on any atom is -0.453 e. The maximum absolute atomic E-state index is 12.3. The first-order chi connectivity index (χ1) is 18.0. The molecule has 11 heteroatoms. The zero-order chi connectivity index (χ0) is 25.8. The lowest BCUT2D eigenvalue weighted by Gasteiger charge is -2.15. The maximum atomic E-state index is 12.3. The molecule has 37 heavy (non-hydrogen) atoms. The molecule has 4 heterocycles. The van der Waals surface area contributed by atoms with Crippen LogP contribution in [0.4, 0.5) is 9.93 Å². The molecule has 0 spiro atoms. The van der Waals surface area contributed by atoms with Crippen molar-refractivity contribution in [2.24, 2.45) is 0 Å². The van der Waals surface area contributed by atoms with E-state index >= 15 is 0 Å². The monoisotopic (exact) mass is 517 g/mol. The van der Waals surface area contributed by atoms with Gasteiger partial charge in [-0.1, -0.05) is 17.4 Å². The highest BCUT2D eigenvalue weighted by Gasteiger charge is 2.26. The Morgan fingerprint density at radius 3 is 2.73 bits per heavy atom. The third-order valence-corrected chi connectivity index (χ3v) is 7.02. The van der Waals surface area contributed by atoms with E-state index in [9.17, 15) is 9.59 Å². The van der Waals surface area contributed by atoms with Crippen LogP contribution in [0.1, 0.15) is 38.6 Å². The van der Waals surface area contributed by atoms with E-state index in [0.717, 1.165) is 52.0 Å². The molecule has 10 nitrogen and oxygen atoms in total. The number of aromatic nitrogens is 4. The van der Waals surface area contributed by atoms with Gasteiger partial charge in [0.25, 0.3) is 0 Å². The Kier molecular flexibility index (Phi) is 7.33. The molecule has 0 saturated carbocycles. The molecule has 2 amide bonds. The molecule has 0 radical (unpaired) electrons. The van der Waals surface area contributed by atoms with Crippen molar-refractivity contribution in [1.29, 1.82) is 0 Å². The van der Waals surface area contributed by atoms with Gasteiger partial charge in [0.1, 0.15) is 6.04 Å². The van der Waals surface area contributed by atoms with Gasteiger partial charge in [-0.2, -0.15) is 0 Å². The van der Waals surface area contributed by atoms with Crippen molar-refractivity contribution in [3.63, 3.8) is 0 Å². The number of hydrogen-bond acceptors (Lipinski definition) is 9. The van der Waals surface area contributed by atoms with Crippen molar-refractivity contribution in [2.45, 2.75) is 38.8 Å². The van der Waals surface area contributed by atoms with Crippen molar-refractivity contribution < 1.29 is 14.3 Å². The predicted octanol–water partition coefficient (Wildman–Crippen LogP) is 4.31. The van der Waals surface area contributed by atoms with E-state index in [2.05, 4.69) is 35.9 Å². The normalized spacial score (nSPS) is 15.9. The second-order valence-corrected chi connectivity index (χ2v) is 9.65. The lowest BCUT2D eigenvalue weighted by molar-refractivity contribution is -0.151. The molecule has 1 aliphatic heterocycles. The smallest absolute Gasteiger partial charge is 0.323 e. The van der Waals surface area contributed by atoms with Gasteiger partial charge in [0, 0.05) is 36.3 Å². The number of anilines is 1. The summed E-state index contributed by atoms with van der Waals surface area (Å²) in [5.74, 6) is 0.159. The Hall–Kier alpha value is -3.96. The number of carbonyl (C=O) groups excluding carboxylic acids is 2. The number of rotatable bonds is 7. The van der Waals surface area contributed by atoms with Crippen LogP contribution in [0.25, 0.3) is 32.6 Å². The van der Waals surface area contributed by atoms with E-state index in [-0.39, 0.29) is 18.0 Å². The fourth-order valence-corrected chi connectivity index (χ4v) is 5.12. The summed E-state index contributed by atoms with van der Waals surface area (Å²) in [4.78, 5) is 42.5. The molecule has 3 N–H and O–H groups in total. The Labute approximate surface area is 217 Å². The quantitative estimate of drug-likeness (QED) is 0.309. The van der Waals surface area contributed by atoms with Crippen molar-refractivity contribution in [1.82, 2.24) is 30.6 Å². The van der Waals surface area contributed by atoms with Gasteiger partial charge in [-0.05, 0) is 63.1 Å². The van der Waals surface area contributed by atoms with Gasteiger partial charge in [-0.3, -0.25) is 15.1 Å². The molecule has 0 aliphatic carbocycles. The van der Waals surface area contributed by atoms with Gasteiger partial charge < -0.3 is 15.4 Å². The molecule has 1 aromatic carbocycles. The third kappa shape index (κ3) is 5.57. The van der Waals surface area contributed by atoms with Crippen LogP contribution in [-0.2, 0) is 9.53 Å². The molecule has 2 atom stereocenters.